The molecule has 0 radical (unpaired) electrons. The highest BCUT2D eigenvalue weighted by Gasteiger charge is 2.37. The quantitative estimate of drug-likeness (QED) is 0.797. The average Bonchev–Trinajstić information content (AvgIpc) is 2.70. The van der Waals surface area contributed by atoms with Gasteiger partial charge in [0, 0.05) is 25.2 Å². The van der Waals surface area contributed by atoms with Crippen molar-refractivity contribution in [2.75, 3.05) is 0 Å². The summed E-state index contributed by atoms with van der Waals surface area (Å²) in [6, 6.07) is 0.905. The van der Waals surface area contributed by atoms with E-state index in [0.29, 0.717) is 0 Å². The molecule has 112 valence electrons. The molecule has 2 heterocycles. The van der Waals surface area contributed by atoms with E-state index in [9.17, 15) is 18.0 Å². The van der Waals surface area contributed by atoms with E-state index in [1.807, 2.05) is 13.8 Å². The molecule has 1 aromatic heterocycles. The van der Waals surface area contributed by atoms with Gasteiger partial charge in [0.15, 0.2) is 5.69 Å². The second-order valence-electron chi connectivity index (χ2n) is 5.38. The number of aromatic nitrogens is 2. The number of carbonyl (C=O) groups is 1. The fourth-order valence-corrected chi connectivity index (χ4v) is 2.76. The Kier molecular flexibility index (Phi) is 3.80. The second kappa shape index (κ2) is 5.10. The maximum Gasteiger partial charge on any atom is 0.435 e. The van der Waals surface area contributed by atoms with Crippen molar-refractivity contribution in [3.05, 3.63) is 17.5 Å². The SMILES string of the molecule is C[C@@H]1CCC[C@@H](C)N1C(=O)c1cc(C(F)(F)F)nn1C. The van der Waals surface area contributed by atoms with Crippen molar-refractivity contribution in [3.63, 3.8) is 0 Å². The van der Waals surface area contributed by atoms with Crippen LogP contribution in [0.1, 0.15) is 49.3 Å². The highest BCUT2D eigenvalue weighted by Crippen LogP contribution is 2.30. The van der Waals surface area contributed by atoms with Crippen LogP contribution in [0.3, 0.4) is 0 Å². The van der Waals surface area contributed by atoms with Crippen LogP contribution in [-0.4, -0.2) is 32.7 Å². The zero-order valence-corrected chi connectivity index (χ0v) is 11.7. The van der Waals surface area contributed by atoms with Gasteiger partial charge in [-0.1, -0.05) is 0 Å². The Hall–Kier alpha value is -1.53. The Balaban J connectivity index is 2.31. The predicted molar refractivity (Wildman–Crippen MR) is 67.2 cm³/mol. The van der Waals surface area contributed by atoms with Gasteiger partial charge in [0.2, 0.25) is 0 Å². The highest BCUT2D eigenvalue weighted by molar-refractivity contribution is 5.93. The van der Waals surface area contributed by atoms with Crippen molar-refractivity contribution in [2.45, 2.75) is 51.4 Å². The minimum Gasteiger partial charge on any atom is -0.332 e. The first-order valence-electron chi connectivity index (χ1n) is 6.65. The Morgan fingerprint density at radius 1 is 1.30 bits per heavy atom. The number of aryl methyl sites for hydroxylation is 1. The van der Waals surface area contributed by atoms with Gasteiger partial charge in [-0.05, 0) is 33.1 Å². The molecule has 0 bridgehead atoms. The minimum atomic E-state index is -4.53. The smallest absolute Gasteiger partial charge is 0.332 e. The topological polar surface area (TPSA) is 38.1 Å². The van der Waals surface area contributed by atoms with Gasteiger partial charge in [0.25, 0.3) is 5.91 Å². The minimum absolute atomic E-state index is 0.0158. The molecule has 2 rings (SSSR count). The fourth-order valence-electron chi connectivity index (χ4n) is 2.76. The van der Waals surface area contributed by atoms with Gasteiger partial charge in [-0.3, -0.25) is 9.48 Å². The standard InChI is InChI=1S/C13H18F3N3O/c1-8-5-4-6-9(2)19(8)12(20)10-7-11(13(14,15)16)17-18(10)3/h7-9H,4-6H2,1-3H3/t8-,9-/m1/s1. The van der Waals surface area contributed by atoms with Gasteiger partial charge >= 0.3 is 6.18 Å². The highest BCUT2D eigenvalue weighted by atomic mass is 19.4. The van der Waals surface area contributed by atoms with Crippen LogP contribution in [0.5, 0.6) is 0 Å². The molecule has 20 heavy (non-hydrogen) atoms. The maximum atomic E-state index is 12.6. The lowest BCUT2D eigenvalue weighted by atomic mass is 9.97. The Morgan fingerprint density at radius 2 is 1.85 bits per heavy atom. The van der Waals surface area contributed by atoms with Crippen LogP contribution in [-0.2, 0) is 13.2 Å². The zero-order valence-electron chi connectivity index (χ0n) is 11.7. The summed E-state index contributed by atoms with van der Waals surface area (Å²) in [6.07, 6.45) is -1.75. The molecule has 0 aromatic carbocycles. The number of piperidine rings is 1. The Bertz CT molecular complexity index is 499. The predicted octanol–water partition coefficient (Wildman–Crippen LogP) is 2.84. The van der Waals surface area contributed by atoms with E-state index in [4.69, 9.17) is 0 Å². The summed E-state index contributed by atoms with van der Waals surface area (Å²) < 4.78 is 38.9. The van der Waals surface area contributed by atoms with Gasteiger partial charge in [0.1, 0.15) is 5.69 Å². The van der Waals surface area contributed by atoms with Gasteiger partial charge < -0.3 is 4.90 Å². The maximum absolute atomic E-state index is 12.6. The number of halogens is 3. The van der Waals surface area contributed by atoms with Gasteiger partial charge in [0.05, 0.1) is 0 Å². The lowest BCUT2D eigenvalue weighted by Crippen LogP contribution is -2.48. The number of carbonyl (C=O) groups excluding carboxylic acids is 1. The fraction of sp³-hybridized carbons (Fsp3) is 0.692. The van der Waals surface area contributed by atoms with E-state index in [1.54, 1.807) is 4.90 Å². The first kappa shape index (κ1) is 14.9. The molecule has 1 fully saturated rings. The summed E-state index contributed by atoms with van der Waals surface area (Å²) in [5, 5.41) is 3.39. The van der Waals surface area contributed by atoms with E-state index < -0.39 is 11.9 Å². The molecule has 1 saturated heterocycles. The van der Waals surface area contributed by atoms with Crippen LogP contribution in [0.4, 0.5) is 13.2 Å². The second-order valence-corrected chi connectivity index (χ2v) is 5.38. The molecule has 0 aliphatic carbocycles. The largest absolute Gasteiger partial charge is 0.435 e. The third-order valence-electron chi connectivity index (χ3n) is 3.82. The van der Waals surface area contributed by atoms with E-state index in [0.717, 1.165) is 30.0 Å². The summed E-state index contributed by atoms with van der Waals surface area (Å²) >= 11 is 0. The molecule has 0 unspecified atom stereocenters. The molecule has 0 spiro atoms. The van der Waals surface area contributed by atoms with Crippen LogP contribution < -0.4 is 0 Å². The lowest BCUT2D eigenvalue weighted by molar-refractivity contribution is -0.141. The summed E-state index contributed by atoms with van der Waals surface area (Å²) in [6.45, 7) is 3.85. The Labute approximate surface area is 115 Å². The molecule has 1 aromatic rings. The number of hydrogen-bond acceptors (Lipinski definition) is 2. The molecule has 4 nitrogen and oxygen atoms in total. The molecule has 1 aliphatic rings. The van der Waals surface area contributed by atoms with Crippen LogP contribution in [0, 0.1) is 0 Å². The van der Waals surface area contributed by atoms with E-state index >= 15 is 0 Å². The summed E-state index contributed by atoms with van der Waals surface area (Å²) in [4.78, 5) is 14.1. The summed E-state index contributed by atoms with van der Waals surface area (Å²) in [7, 11) is 1.36. The van der Waals surface area contributed by atoms with Crippen LogP contribution in [0.25, 0.3) is 0 Å². The number of likely N-dealkylation sites (tertiary alicyclic amines) is 1. The van der Waals surface area contributed by atoms with Crippen LogP contribution >= 0.6 is 0 Å². The molecule has 0 saturated carbocycles. The lowest BCUT2D eigenvalue weighted by Gasteiger charge is -2.38. The monoisotopic (exact) mass is 289 g/mol. The van der Waals surface area contributed by atoms with Crippen molar-refractivity contribution < 1.29 is 18.0 Å². The van der Waals surface area contributed by atoms with Gasteiger partial charge in [-0.15, -0.1) is 0 Å². The zero-order chi connectivity index (χ0) is 15.1. The first-order valence-corrected chi connectivity index (χ1v) is 6.65. The van der Waals surface area contributed by atoms with Crippen molar-refractivity contribution in [1.82, 2.24) is 14.7 Å². The molecule has 1 amide bonds. The number of hydrogen-bond donors (Lipinski definition) is 0. The third kappa shape index (κ3) is 2.66. The van der Waals surface area contributed by atoms with E-state index in [-0.39, 0.29) is 23.7 Å². The molecular formula is C13H18F3N3O. The van der Waals surface area contributed by atoms with Crippen molar-refractivity contribution >= 4 is 5.91 Å². The number of alkyl halides is 3. The Morgan fingerprint density at radius 3 is 2.30 bits per heavy atom. The molecular weight excluding hydrogens is 271 g/mol. The van der Waals surface area contributed by atoms with Gasteiger partial charge in [-0.2, -0.15) is 18.3 Å². The number of rotatable bonds is 1. The number of nitrogens with zero attached hydrogens (tertiary/aromatic N) is 3. The molecule has 1 aliphatic heterocycles. The summed E-state index contributed by atoms with van der Waals surface area (Å²) in [5.41, 5.74) is -1.04. The first-order chi connectivity index (χ1) is 9.21. The molecule has 0 N–H and O–H groups in total. The van der Waals surface area contributed by atoms with Crippen LogP contribution in [0.15, 0.2) is 6.07 Å². The normalized spacial score (nSPS) is 24.0. The average molecular weight is 289 g/mol. The van der Waals surface area contributed by atoms with Gasteiger partial charge in [-0.25, -0.2) is 0 Å². The van der Waals surface area contributed by atoms with Crippen molar-refractivity contribution in [3.8, 4) is 0 Å². The van der Waals surface area contributed by atoms with E-state index in [2.05, 4.69) is 5.10 Å². The van der Waals surface area contributed by atoms with Crippen molar-refractivity contribution in [2.24, 2.45) is 7.05 Å². The number of amides is 1. The summed E-state index contributed by atoms with van der Waals surface area (Å²) in [5.74, 6) is -0.379. The third-order valence-corrected chi connectivity index (χ3v) is 3.82. The molecule has 7 heteroatoms. The van der Waals surface area contributed by atoms with Crippen LogP contribution in [0.2, 0.25) is 0 Å². The van der Waals surface area contributed by atoms with E-state index in [1.165, 1.54) is 7.05 Å². The molecule has 2 atom stereocenters. The van der Waals surface area contributed by atoms with Crippen molar-refractivity contribution in [1.29, 1.82) is 0 Å².